The molecule has 0 amide bonds. The summed E-state index contributed by atoms with van der Waals surface area (Å²) in [6.45, 7) is 9.25. The van der Waals surface area contributed by atoms with Crippen LogP contribution in [0.1, 0.15) is 52.6 Å². The molecule has 1 aliphatic rings. The first kappa shape index (κ1) is 17.5. The average Bonchev–Trinajstić information content (AvgIpc) is 2.56. The standard InChI is InChI=1S/C23H32Si/c1-18-10-8-11-19(2)22(18)16-24(14-6-5-7-15-24)17-23-20(3)12-9-13-21(23)4/h8-13H,5-7,14-17H2,1-4H3. The van der Waals surface area contributed by atoms with E-state index in [1.807, 2.05) is 0 Å². The van der Waals surface area contributed by atoms with Gasteiger partial charge in [-0.15, -0.1) is 0 Å². The van der Waals surface area contributed by atoms with Crippen LogP contribution in [0, 0.1) is 27.7 Å². The minimum absolute atomic E-state index is 1.29. The minimum atomic E-state index is -1.29. The van der Waals surface area contributed by atoms with Crippen molar-refractivity contribution in [3.05, 3.63) is 69.8 Å². The van der Waals surface area contributed by atoms with E-state index in [0.717, 1.165) is 0 Å². The summed E-state index contributed by atoms with van der Waals surface area (Å²) in [7, 11) is -1.29. The molecule has 3 rings (SSSR count). The second kappa shape index (κ2) is 7.27. The van der Waals surface area contributed by atoms with E-state index >= 15 is 0 Å². The van der Waals surface area contributed by atoms with Crippen LogP contribution in [-0.4, -0.2) is 8.07 Å². The monoisotopic (exact) mass is 336 g/mol. The highest BCUT2D eigenvalue weighted by Crippen LogP contribution is 2.36. The molecule has 24 heavy (non-hydrogen) atoms. The molecule has 1 aliphatic heterocycles. The Morgan fingerprint density at radius 1 is 0.625 bits per heavy atom. The Bertz CT molecular complexity index is 612. The molecule has 2 aromatic rings. The molecule has 0 nitrogen and oxygen atoms in total. The Kier molecular flexibility index (Phi) is 5.29. The lowest BCUT2D eigenvalue weighted by atomic mass is 10.0. The smallest absolute Gasteiger partial charge is 0.0617 e. The number of hydrogen-bond donors (Lipinski definition) is 0. The van der Waals surface area contributed by atoms with Crippen molar-refractivity contribution >= 4 is 8.07 Å². The lowest BCUT2D eigenvalue weighted by Crippen LogP contribution is -2.43. The third-order valence-electron chi connectivity index (χ3n) is 6.31. The molecule has 1 fully saturated rings. The summed E-state index contributed by atoms with van der Waals surface area (Å²) in [5.41, 5.74) is 9.36. The summed E-state index contributed by atoms with van der Waals surface area (Å²) in [5, 5.41) is 0. The summed E-state index contributed by atoms with van der Waals surface area (Å²) in [6, 6.07) is 19.5. The summed E-state index contributed by atoms with van der Waals surface area (Å²) in [6.07, 6.45) is 4.37. The molecular weight excluding hydrogens is 304 g/mol. The number of rotatable bonds is 4. The highest BCUT2D eigenvalue weighted by Gasteiger charge is 2.36. The second-order valence-corrected chi connectivity index (χ2v) is 12.9. The third kappa shape index (κ3) is 3.67. The van der Waals surface area contributed by atoms with Gasteiger partial charge in [0, 0.05) is 0 Å². The summed E-state index contributed by atoms with van der Waals surface area (Å²) >= 11 is 0. The lowest BCUT2D eigenvalue weighted by molar-refractivity contribution is 0.698. The Morgan fingerprint density at radius 2 is 1.00 bits per heavy atom. The van der Waals surface area contributed by atoms with Crippen LogP contribution in [0.4, 0.5) is 0 Å². The van der Waals surface area contributed by atoms with E-state index in [1.54, 1.807) is 11.1 Å². The minimum Gasteiger partial charge on any atom is -0.0617 e. The molecule has 0 aliphatic carbocycles. The van der Waals surface area contributed by atoms with E-state index in [-0.39, 0.29) is 0 Å². The molecule has 0 unspecified atom stereocenters. The van der Waals surface area contributed by atoms with Gasteiger partial charge in [-0.05, 0) is 73.2 Å². The fourth-order valence-corrected chi connectivity index (χ4v) is 10.4. The predicted molar refractivity (Wildman–Crippen MR) is 108 cm³/mol. The van der Waals surface area contributed by atoms with Gasteiger partial charge in [-0.3, -0.25) is 0 Å². The lowest BCUT2D eigenvalue weighted by Gasteiger charge is -2.37. The van der Waals surface area contributed by atoms with Crippen molar-refractivity contribution in [2.75, 3.05) is 0 Å². The Labute approximate surface area is 149 Å². The van der Waals surface area contributed by atoms with E-state index in [2.05, 4.69) is 64.1 Å². The fourth-order valence-electron chi connectivity index (χ4n) is 4.72. The quantitative estimate of drug-likeness (QED) is 0.565. The highest BCUT2D eigenvalue weighted by molar-refractivity contribution is 6.79. The van der Waals surface area contributed by atoms with Crippen LogP contribution in [0.5, 0.6) is 0 Å². The van der Waals surface area contributed by atoms with Crippen LogP contribution in [-0.2, 0) is 12.1 Å². The molecular formula is C23H32Si. The predicted octanol–water partition coefficient (Wildman–Crippen LogP) is 6.42. The highest BCUT2D eigenvalue weighted by atomic mass is 28.3. The van der Waals surface area contributed by atoms with Gasteiger partial charge in [0.1, 0.15) is 0 Å². The van der Waals surface area contributed by atoms with Crippen molar-refractivity contribution in [2.45, 2.75) is 71.1 Å². The van der Waals surface area contributed by atoms with Crippen LogP contribution in [0.3, 0.4) is 0 Å². The van der Waals surface area contributed by atoms with Gasteiger partial charge in [-0.25, -0.2) is 0 Å². The van der Waals surface area contributed by atoms with Crippen molar-refractivity contribution < 1.29 is 0 Å². The Balaban J connectivity index is 1.96. The number of benzene rings is 2. The molecule has 0 spiro atoms. The molecule has 128 valence electrons. The molecule has 0 atom stereocenters. The normalized spacial score (nSPS) is 17.0. The van der Waals surface area contributed by atoms with Crippen molar-refractivity contribution in [3.8, 4) is 0 Å². The summed E-state index contributed by atoms with van der Waals surface area (Å²) in [4.78, 5) is 0. The Morgan fingerprint density at radius 3 is 1.38 bits per heavy atom. The van der Waals surface area contributed by atoms with Crippen LogP contribution >= 0.6 is 0 Å². The topological polar surface area (TPSA) is 0 Å². The SMILES string of the molecule is Cc1cccc(C)c1C[Si]1(Cc2c(C)cccc2C)CCCCC1. The van der Waals surface area contributed by atoms with E-state index in [9.17, 15) is 0 Å². The van der Waals surface area contributed by atoms with Crippen molar-refractivity contribution in [3.63, 3.8) is 0 Å². The van der Waals surface area contributed by atoms with Crippen molar-refractivity contribution in [1.29, 1.82) is 0 Å². The summed E-state index contributed by atoms with van der Waals surface area (Å²) in [5.74, 6) is 0. The fraction of sp³-hybridized carbons (Fsp3) is 0.478. The number of aryl methyl sites for hydroxylation is 4. The number of hydrogen-bond acceptors (Lipinski definition) is 0. The van der Waals surface area contributed by atoms with E-state index in [1.165, 1.54) is 65.7 Å². The van der Waals surface area contributed by atoms with Gasteiger partial charge in [-0.2, -0.15) is 0 Å². The zero-order valence-electron chi connectivity index (χ0n) is 15.9. The molecule has 0 bridgehead atoms. The van der Waals surface area contributed by atoms with Gasteiger partial charge in [-0.1, -0.05) is 67.7 Å². The van der Waals surface area contributed by atoms with Crippen molar-refractivity contribution in [1.82, 2.24) is 0 Å². The molecule has 0 N–H and O–H groups in total. The molecule has 2 aromatic carbocycles. The van der Waals surface area contributed by atoms with Crippen LogP contribution in [0.25, 0.3) is 0 Å². The zero-order valence-corrected chi connectivity index (χ0v) is 16.9. The zero-order chi connectivity index (χ0) is 17.2. The van der Waals surface area contributed by atoms with Gasteiger partial charge >= 0.3 is 0 Å². The summed E-state index contributed by atoms with van der Waals surface area (Å²) < 4.78 is 0. The van der Waals surface area contributed by atoms with Gasteiger partial charge in [0.2, 0.25) is 0 Å². The van der Waals surface area contributed by atoms with E-state index in [0.29, 0.717) is 0 Å². The van der Waals surface area contributed by atoms with E-state index in [4.69, 9.17) is 0 Å². The van der Waals surface area contributed by atoms with Gasteiger partial charge < -0.3 is 0 Å². The maximum atomic E-state index is 2.31. The van der Waals surface area contributed by atoms with Crippen molar-refractivity contribution in [2.24, 2.45) is 0 Å². The van der Waals surface area contributed by atoms with Gasteiger partial charge in [0.15, 0.2) is 0 Å². The van der Waals surface area contributed by atoms with Crippen LogP contribution in [0.15, 0.2) is 36.4 Å². The second-order valence-electron chi connectivity index (χ2n) is 8.15. The third-order valence-corrected chi connectivity index (χ3v) is 11.3. The van der Waals surface area contributed by atoms with Gasteiger partial charge in [0.25, 0.3) is 0 Å². The molecule has 0 aromatic heterocycles. The van der Waals surface area contributed by atoms with E-state index < -0.39 is 8.07 Å². The largest absolute Gasteiger partial charge is 0.0623 e. The van der Waals surface area contributed by atoms with Crippen LogP contribution < -0.4 is 0 Å². The molecule has 0 saturated carbocycles. The molecule has 1 saturated heterocycles. The maximum absolute atomic E-state index is 2.31. The molecule has 0 radical (unpaired) electrons. The maximum Gasteiger partial charge on any atom is 0.0623 e. The first-order valence-corrected chi connectivity index (χ1v) is 12.4. The first-order chi connectivity index (χ1) is 11.5. The first-order valence-electron chi connectivity index (χ1n) is 9.61. The Hall–Kier alpha value is -1.34. The molecule has 1 heterocycles. The average molecular weight is 337 g/mol. The van der Waals surface area contributed by atoms with Gasteiger partial charge in [0.05, 0.1) is 8.07 Å². The molecule has 1 heteroatoms. The van der Waals surface area contributed by atoms with Crippen LogP contribution in [0.2, 0.25) is 12.1 Å².